The fraction of sp³-hybridized carbons (Fsp3) is 0.333. The summed E-state index contributed by atoms with van der Waals surface area (Å²) >= 11 is 6.10. The third kappa shape index (κ3) is 4.25. The van der Waals surface area contributed by atoms with Crippen molar-refractivity contribution >= 4 is 28.5 Å². The van der Waals surface area contributed by atoms with E-state index in [1.165, 1.54) is 0 Å². The van der Waals surface area contributed by atoms with Crippen LogP contribution in [0.4, 0.5) is 0 Å². The second-order valence-electron chi connectivity index (χ2n) is 6.60. The molecule has 0 radical (unpaired) electrons. The molecule has 3 rings (SSSR count). The van der Waals surface area contributed by atoms with E-state index in [-0.39, 0.29) is 17.4 Å². The molecular formula is C21H22ClN3O2. The van der Waals surface area contributed by atoms with Crippen LogP contribution in [0.3, 0.4) is 0 Å². The van der Waals surface area contributed by atoms with Crippen LogP contribution in [0.25, 0.3) is 11.2 Å². The van der Waals surface area contributed by atoms with Gasteiger partial charge in [-0.25, -0.2) is 9.97 Å². The van der Waals surface area contributed by atoms with E-state index in [0.29, 0.717) is 41.3 Å². The zero-order chi connectivity index (χ0) is 19.4. The molecule has 0 saturated carbocycles. The fourth-order valence-electron chi connectivity index (χ4n) is 3.31. The summed E-state index contributed by atoms with van der Waals surface area (Å²) in [5.74, 6) is 0.111. The summed E-state index contributed by atoms with van der Waals surface area (Å²) < 4.78 is 1.70. The van der Waals surface area contributed by atoms with Crippen LogP contribution in [0.2, 0.25) is 5.15 Å². The maximum Gasteiger partial charge on any atom is 0.274 e. The van der Waals surface area contributed by atoms with E-state index < -0.39 is 0 Å². The van der Waals surface area contributed by atoms with Crippen LogP contribution >= 0.6 is 11.6 Å². The van der Waals surface area contributed by atoms with Gasteiger partial charge >= 0.3 is 0 Å². The zero-order valence-corrected chi connectivity index (χ0v) is 16.2. The van der Waals surface area contributed by atoms with E-state index in [4.69, 9.17) is 11.6 Å². The molecule has 27 heavy (non-hydrogen) atoms. The van der Waals surface area contributed by atoms with Crippen LogP contribution in [0.5, 0.6) is 0 Å². The molecule has 3 aromatic rings. The second kappa shape index (κ2) is 8.44. The number of ketones is 1. The Labute approximate surface area is 163 Å². The van der Waals surface area contributed by atoms with Gasteiger partial charge in [0.25, 0.3) is 5.56 Å². The Balaban J connectivity index is 2.18. The standard InChI is InChI=1S/C21H22ClN3O2/c1-3-18(15-9-5-4-6-10-15)25-20-16(12-13-19(22)24-20)23-17(21(25)27)11-7-8-14(2)26/h4-6,9-10,12-13,18H,3,7-8,11H2,1-2H3/t18-/m0/s1. The van der Waals surface area contributed by atoms with Gasteiger partial charge < -0.3 is 4.79 Å². The topological polar surface area (TPSA) is 64.8 Å². The highest BCUT2D eigenvalue weighted by molar-refractivity contribution is 6.29. The second-order valence-corrected chi connectivity index (χ2v) is 6.99. The molecule has 2 heterocycles. The number of Topliss-reactive ketones (excluding diaryl/α,β-unsaturated/α-hetero) is 1. The van der Waals surface area contributed by atoms with Gasteiger partial charge in [-0.3, -0.25) is 9.36 Å². The Morgan fingerprint density at radius 1 is 1.15 bits per heavy atom. The number of carbonyl (C=O) groups is 1. The first-order valence-electron chi connectivity index (χ1n) is 9.13. The number of carbonyl (C=O) groups excluding carboxylic acids is 1. The zero-order valence-electron chi connectivity index (χ0n) is 15.5. The third-order valence-electron chi connectivity index (χ3n) is 4.59. The number of fused-ring (bicyclic) bond motifs is 1. The van der Waals surface area contributed by atoms with Crippen molar-refractivity contribution in [3.05, 3.63) is 69.2 Å². The number of aromatic nitrogens is 3. The van der Waals surface area contributed by atoms with Crippen molar-refractivity contribution in [3.8, 4) is 0 Å². The van der Waals surface area contributed by atoms with Crippen molar-refractivity contribution in [3.63, 3.8) is 0 Å². The first kappa shape index (κ1) is 19.2. The highest BCUT2D eigenvalue weighted by atomic mass is 35.5. The van der Waals surface area contributed by atoms with Gasteiger partial charge in [-0.2, -0.15) is 0 Å². The lowest BCUT2D eigenvalue weighted by atomic mass is 10.0. The molecule has 0 N–H and O–H groups in total. The molecule has 6 heteroatoms. The van der Waals surface area contributed by atoms with Gasteiger partial charge in [0.15, 0.2) is 5.65 Å². The summed E-state index contributed by atoms with van der Waals surface area (Å²) in [5.41, 5.74) is 2.44. The normalized spacial score (nSPS) is 12.3. The number of halogens is 1. The quantitative estimate of drug-likeness (QED) is 0.569. The number of pyridine rings is 1. The van der Waals surface area contributed by atoms with E-state index in [9.17, 15) is 9.59 Å². The molecule has 1 atom stereocenters. The molecule has 140 valence electrons. The number of rotatable bonds is 7. The Morgan fingerprint density at radius 2 is 1.89 bits per heavy atom. The summed E-state index contributed by atoms with van der Waals surface area (Å²) in [5, 5.41) is 0.324. The van der Waals surface area contributed by atoms with Crippen LogP contribution in [0.1, 0.15) is 50.4 Å². The summed E-state index contributed by atoms with van der Waals surface area (Å²) in [6.45, 7) is 3.59. The number of hydrogen-bond donors (Lipinski definition) is 0. The van der Waals surface area contributed by atoms with Gasteiger partial charge in [-0.1, -0.05) is 48.9 Å². The van der Waals surface area contributed by atoms with Gasteiger partial charge in [0.1, 0.15) is 22.1 Å². The van der Waals surface area contributed by atoms with Crippen LogP contribution in [-0.2, 0) is 11.2 Å². The molecule has 0 aliphatic rings. The van der Waals surface area contributed by atoms with Crippen molar-refractivity contribution in [1.82, 2.24) is 14.5 Å². The highest BCUT2D eigenvalue weighted by Gasteiger charge is 2.20. The molecule has 5 nitrogen and oxygen atoms in total. The Kier molecular flexibility index (Phi) is 6.01. The summed E-state index contributed by atoms with van der Waals surface area (Å²) in [6.07, 6.45) is 2.23. The molecule has 0 spiro atoms. The smallest absolute Gasteiger partial charge is 0.274 e. The number of benzene rings is 1. The van der Waals surface area contributed by atoms with E-state index >= 15 is 0 Å². The minimum Gasteiger partial charge on any atom is -0.300 e. The van der Waals surface area contributed by atoms with Gasteiger partial charge in [0, 0.05) is 6.42 Å². The van der Waals surface area contributed by atoms with E-state index in [1.807, 2.05) is 37.3 Å². The van der Waals surface area contributed by atoms with Gasteiger partial charge in [0.2, 0.25) is 0 Å². The number of hydrogen-bond acceptors (Lipinski definition) is 4. The molecule has 0 unspecified atom stereocenters. The minimum atomic E-state index is -0.170. The lowest BCUT2D eigenvalue weighted by Crippen LogP contribution is -2.30. The maximum atomic E-state index is 13.3. The minimum absolute atomic E-state index is 0.111. The molecule has 0 amide bonds. The fourth-order valence-corrected chi connectivity index (χ4v) is 3.45. The Morgan fingerprint density at radius 3 is 2.56 bits per heavy atom. The van der Waals surface area contributed by atoms with Crippen LogP contribution in [-0.4, -0.2) is 20.3 Å². The lowest BCUT2D eigenvalue weighted by Gasteiger charge is -2.21. The molecule has 0 saturated heterocycles. The van der Waals surface area contributed by atoms with Crippen molar-refractivity contribution in [2.75, 3.05) is 0 Å². The van der Waals surface area contributed by atoms with Crippen molar-refractivity contribution in [1.29, 1.82) is 0 Å². The largest absolute Gasteiger partial charge is 0.300 e. The first-order chi connectivity index (χ1) is 13.0. The maximum absolute atomic E-state index is 13.3. The highest BCUT2D eigenvalue weighted by Crippen LogP contribution is 2.24. The monoisotopic (exact) mass is 383 g/mol. The van der Waals surface area contributed by atoms with Crippen molar-refractivity contribution in [2.45, 2.75) is 45.6 Å². The number of nitrogens with zero attached hydrogens (tertiary/aromatic N) is 3. The van der Waals surface area contributed by atoms with Crippen LogP contribution < -0.4 is 5.56 Å². The van der Waals surface area contributed by atoms with Gasteiger partial charge in [-0.05, 0) is 43.9 Å². The van der Waals surface area contributed by atoms with Gasteiger partial charge in [-0.15, -0.1) is 0 Å². The molecular weight excluding hydrogens is 362 g/mol. The van der Waals surface area contributed by atoms with E-state index in [0.717, 1.165) is 12.0 Å². The predicted octanol–water partition coefficient (Wildman–Crippen LogP) is 4.36. The first-order valence-corrected chi connectivity index (χ1v) is 9.51. The van der Waals surface area contributed by atoms with Crippen molar-refractivity contribution < 1.29 is 4.79 Å². The average molecular weight is 384 g/mol. The molecule has 0 aliphatic heterocycles. The van der Waals surface area contributed by atoms with E-state index in [2.05, 4.69) is 9.97 Å². The molecule has 0 fully saturated rings. The van der Waals surface area contributed by atoms with Crippen LogP contribution in [0, 0.1) is 0 Å². The van der Waals surface area contributed by atoms with E-state index in [1.54, 1.807) is 23.6 Å². The summed E-state index contributed by atoms with van der Waals surface area (Å²) in [4.78, 5) is 33.4. The molecule has 0 aliphatic carbocycles. The predicted molar refractivity (Wildman–Crippen MR) is 107 cm³/mol. The Hall–Kier alpha value is -2.53. The van der Waals surface area contributed by atoms with Crippen LogP contribution in [0.15, 0.2) is 47.3 Å². The summed E-state index contributed by atoms with van der Waals surface area (Å²) in [7, 11) is 0. The average Bonchev–Trinajstić information content (AvgIpc) is 2.65. The molecule has 1 aromatic carbocycles. The third-order valence-corrected chi connectivity index (χ3v) is 4.81. The lowest BCUT2D eigenvalue weighted by molar-refractivity contribution is -0.117. The Bertz CT molecular complexity index is 1020. The molecule has 2 aromatic heterocycles. The SMILES string of the molecule is CC[C@@H](c1ccccc1)n1c(=O)c(CCCC(C)=O)nc2ccc(Cl)nc21. The summed E-state index contributed by atoms with van der Waals surface area (Å²) in [6, 6.07) is 13.2. The van der Waals surface area contributed by atoms with Crippen molar-refractivity contribution in [2.24, 2.45) is 0 Å². The molecule has 0 bridgehead atoms. The number of aryl methyl sites for hydroxylation is 1. The van der Waals surface area contributed by atoms with Gasteiger partial charge in [0.05, 0.1) is 6.04 Å².